The van der Waals surface area contributed by atoms with Crippen LogP contribution in [0.25, 0.3) is 0 Å². The van der Waals surface area contributed by atoms with Gasteiger partial charge in [-0.25, -0.2) is 9.59 Å². The molecular weight excluding hydrogens is 370 g/mol. The van der Waals surface area contributed by atoms with Crippen molar-refractivity contribution in [1.82, 2.24) is 4.90 Å². The molecule has 1 aliphatic heterocycles. The van der Waals surface area contributed by atoms with Crippen LogP contribution in [0.4, 0.5) is 4.79 Å². The molecule has 0 N–H and O–H groups in total. The van der Waals surface area contributed by atoms with Crippen LogP contribution in [-0.4, -0.2) is 47.5 Å². The summed E-state index contributed by atoms with van der Waals surface area (Å²) in [6, 6.07) is 8.51. The summed E-state index contributed by atoms with van der Waals surface area (Å²) in [4.78, 5) is 39.5. The van der Waals surface area contributed by atoms with Crippen LogP contribution in [0.5, 0.6) is 0 Å². The maximum absolute atomic E-state index is 13.2. The van der Waals surface area contributed by atoms with Gasteiger partial charge in [0.25, 0.3) is 0 Å². The highest BCUT2D eigenvalue weighted by Crippen LogP contribution is 2.36. The summed E-state index contributed by atoms with van der Waals surface area (Å²) in [5, 5.41) is 0. The van der Waals surface area contributed by atoms with E-state index < -0.39 is 29.6 Å². The fraction of sp³-hybridized carbons (Fsp3) is 0.609. The Hall–Kier alpha value is -2.37. The quantitative estimate of drug-likeness (QED) is 0.514. The summed E-state index contributed by atoms with van der Waals surface area (Å²) >= 11 is 0. The Bertz CT molecular complexity index is 721. The second-order valence-corrected chi connectivity index (χ2v) is 9.06. The van der Waals surface area contributed by atoms with Crippen LogP contribution in [0.15, 0.2) is 30.3 Å². The summed E-state index contributed by atoms with van der Waals surface area (Å²) in [5.41, 5.74) is 0.337. The summed E-state index contributed by atoms with van der Waals surface area (Å²) in [5.74, 6) is -1.04. The molecule has 1 aliphatic carbocycles. The number of esters is 1. The van der Waals surface area contributed by atoms with Crippen LogP contribution in [0.1, 0.15) is 52.0 Å². The number of hydrogen-bond donors (Lipinski definition) is 0. The number of nitrogens with zero attached hydrogens (tertiary/aromatic N) is 1. The lowest BCUT2D eigenvalue weighted by Gasteiger charge is -2.36. The Morgan fingerprint density at radius 2 is 1.90 bits per heavy atom. The smallest absolute Gasteiger partial charge is 0.410 e. The van der Waals surface area contributed by atoms with Gasteiger partial charge in [-0.05, 0) is 51.5 Å². The standard InChI is InChI=1S/C23H31NO5/c1-23(2,3)29-21(26)20(19(14-25)17-11-7-8-12-17)24-18(15-28-22(24)27)13-16-9-5-4-6-10-16/h4-6,9-10,14,17-20H,7-8,11-13,15H2,1-3H3/t18?,19-,20-/m1/s1. The molecular formula is C23H31NO5. The van der Waals surface area contributed by atoms with Gasteiger partial charge in [-0.2, -0.15) is 0 Å². The molecule has 1 saturated heterocycles. The van der Waals surface area contributed by atoms with E-state index in [1.165, 1.54) is 4.90 Å². The van der Waals surface area contributed by atoms with E-state index in [-0.39, 0.29) is 18.6 Å². The molecule has 0 bridgehead atoms. The minimum absolute atomic E-state index is 0.0794. The minimum Gasteiger partial charge on any atom is -0.458 e. The number of ether oxygens (including phenoxy) is 2. The Morgan fingerprint density at radius 3 is 2.48 bits per heavy atom. The first-order valence-electron chi connectivity index (χ1n) is 10.5. The monoisotopic (exact) mass is 401 g/mol. The van der Waals surface area contributed by atoms with Crippen LogP contribution in [0, 0.1) is 11.8 Å². The minimum atomic E-state index is -0.960. The lowest BCUT2D eigenvalue weighted by Crippen LogP contribution is -2.54. The third-order valence-corrected chi connectivity index (χ3v) is 5.73. The Morgan fingerprint density at radius 1 is 1.24 bits per heavy atom. The largest absolute Gasteiger partial charge is 0.458 e. The van der Waals surface area contributed by atoms with Crippen molar-refractivity contribution >= 4 is 18.3 Å². The molecule has 3 rings (SSSR count). The molecule has 0 spiro atoms. The molecule has 158 valence electrons. The van der Waals surface area contributed by atoms with Crippen molar-refractivity contribution in [2.45, 2.75) is 70.6 Å². The van der Waals surface area contributed by atoms with E-state index in [2.05, 4.69) is 0 Å². The van der Waals surface area contributed by atoms with E-state index in [1.807, 2.05) is 30.3 Å². The van der Waals surface area contributed by atoms with E-state index in [0.29, 0.717) is 6.42 Å². The van der Waals surface area contributed by atoms with Crippen molar-refractivity contribution in [2.75, 3.05) is 6.61 Å². The lowest BCUT2D eigenvalue weighted by molar-refractivity contribution is -0.164. The van der Waals surface area contributed by atoms with Gasteiger partial charge in [0.05, 0.1) is 6.04 Å². The number of amides is 1. The highest BCUT2D eigenvalue weighted by atomic mass is 16.6. The first-order valence-corrected chi connectivity index (χ1v) is 10.5. The van der Waals surface area contributed by atoms with Crippen molar-refractivity contribution in [3.05, 3.63) is 35.9 Å². The molecule has 0 radical (unpaired) electrons. The van der Waals surface area contributed by atoms with E-state index in [1.54, 1.807) is 20.8 Å². The topological polar surface area (TPSA) is 72.9 Å². The van der Waals surface area contributed by atoms with Gasteiger partial charge in [-0.15, -0.1) is 0 Å². The number of benzene rings is 1. The average molecular weight is 402 g/mol. The number of cyclic esters (lactones) is 1. The molecule has 2 fully saturated rings. The fourth-order valence-corrected chi connectivity index (χ4v) is 4.46. The molecule has 1 aromatic rings. The van der Waals surface area contributed by atoms with Crippen LogP contribution in [0.2, 0.25) is 0 Å². The van der Waals surface area contributed by atoms with E-state index in [0.717, 1.165) is 37.5 Å². The zero-order chi connectivity index (χ0) is 21.0. The Labute approximate surface area is 172 Å². The van der Waals surface area contributed by atoms with Crippen molar-refractivity contribution in [1.29, 1.82) is 0 Å². The molecule has 1 unspecified atom stereocenters. The molecule has 1 aromatic carbocycles. The van der Waals surface area contributed by atoms with Gasteiger partial charge in [-0.1, -0.05) is 43.2 Å². The summed E-state index contributed by atoms with van der Waals surface area (Å²) in [7, 11) is 0. The maximum atomic E-state index is 13.2. The van der Waals surface area contributed by atoms with Gasteiger partial charge >= 0.3 is 12.1 Å². The maximum Gasteiger partial charge on any atom is 0.410 e. The highest BCUT2D eigenvalue weighted by Gasteiger charge is 2.48. The first-order chi connectivity index (χ1) is 13.8. The summed E-state index contributed by atoms with van der Waals surface area (Å²) in [6.07, 6.45) is 4.69. The predicted molar refractivity (Wildman–Crippen MR) is 108 cm³/mol. The van der Waals surface area contributed by atoms with Crippen LogP contribution in [-0.2, 0) is 25.5 Å². The van der Waals surface area contributed by atoms with Gasteiger partial charge in [0.15, 0.2) is 0 Å². The van der Waals surface area contributed by atoms with Gasteiger partial charge in [0, 0.05) is 5.92 Å². The number of carbonyl (C=O) groups is 3. The SMILES string of the molecule is CC(C)(C)OC(=O)[C@@H]([C@H](C=O)C1CCCC1)N1C(=O)OCC1Cc1ccccc1. The van der Waals surface area contributed by atoms with E-state index >= 15 is 0 Å². The van der Waals surface area contributed by atoms with Crippen LogP contribution < -0.4 is 0 Å². The molecule has 6 heteroatoms. The molecule has 3 atom stereocenters. The van der Waals surface area contributed by atoms with Crippen molar-refractivity contribution < 1.29 is 23.9 Å². The average Bonchev–Trinajstić information content (AvgIpc) is 3.30. The second-order valence-electron chi connectivity index (χ2n) is 9.06. The molecule has 29 heavy (non-hydrogen) atoms. The zero-order valence-electron chi connectivity index (χ0n) is 17.5. The predicted octanol–water partition coefficient (Wildman–Crippen LogP) is 3.77. The van der Waals surface area contributed by atoms with Gasteiger partial charge in [-0.3, -0.25) is 4.90 Å². The van der Waals surface area contributed by atoms with Crippen molar-refractivity contribution in [3.8, 4) is 0 Å². The number of carbonyl (C=O) groups excluding carboxylic acids is 3. The van der Waals surface area contributed by atoms with Crippen LogP contribution >= 0.6 is 0 Å². The Kier molecular flexibility index (Phi) is 6.60. The molecule has 1 heterocycles. The molecule has 1 saturated carbocycles. The zero-order valence-corrected chi connectivity index (χ0v) is 17.5. The van der Waals surface area contributed by atoms with E-state index in [4.69, 9.17) is 9.47 Å². The van der Waals surface area contributed by atoms with E-state index in [9.17, 15) is 14.4 Å². The van der Waals surface area contributed by atoms with Crippen molar-refractivity contribution in [2.24, 2.45) is 11.8 Å². The Balaban J connectivity index is 1.92. The second kappa shape index (κ2) is 8.97. The third-order valence-electron chi connectivity index (χ3n) is 5.73. The highest BCUT2D eigenvalue weighted by molar-refractivity contribution is 5.86. The van der Waals surface area contributed by atoms with Crippen molar-refractivity contribution in [3.63, 3.8) is 0 Å². The number of rotatable bonds is 7. The molecule has 6 nitrogen and oxygen atoms in total. The molecule has 1 amide bonds. The summed E-state index contributed by atoms with van der Waals surface area (Å²) < 4.78 is 11.0. The first kappa shape index (κ1) is 21.3. The third kappa shape index (κ3) is 5.17. The van der Waals surface area contributed by atoms with Gasteiger partial charge < -0.3 is 14.3 Å². The number of hydrogen-bond acceptors (Lipinski definition) is 5. The fourth-order valence-electron chi connectivity index (χ4n) is 4.46. The van der Waals surface area contributed by atoms with Gasteiger partial charge in [0.2, 0.25) is 0 Å². The molecule has 0 aromatic heterocycles. The van der Waals surface area contributed by atoms with Gasteiger partial charge in [0.1, 0.15) is 24.5 Å². The normalized spacial score (nSPS) is 22.2. The summed E-state index contributed by atoms with van der Waals surface area (Å²) in [6.45, 7) is 5.56. The van der Waals surface area contributed by atoms with Crippen LogP contribution in [0.3, 0.4) is 0 Å². The number of aldehydes is 1. The lowest BCUT2D eigenvalue weighted by atomic mass is 9.84. The molecule has 2 aliphatic rings.